The molecular formula is C32H44O4. The second kappa shape index (κ2) is 12.5. The molecule has 1 aliphatic heterocycles. The highest BCUT2D eigenvalue weighted by molar-refractivity contribution is 5.90. The summed E-state index contributed by atoms with van der Waals surface area (Å²) in [5.41, 5.74) is 4.60. The van der Waals surface area contributed by atoms with Crippen LogP contribution in [-0.2, 0) is 14.9 Å². The molecular weight excluding hydrogens is 448 g/mol. The molecule has 2 atom stereocenters. The van der Waals surface area contributed by atoms with Crippen molar-refractivity contribution in [3.8, 4) is 5.75 Å². The maximum atomic E-state index is 12.5. The van der Waals surface area contributed by atoms with E-state index >= 15 is 0 Å². The van der Waals surface area contributed by atoms with Gasteiger partial charge in [0.1, 0.15) is 17.6 Å². The van der Waals surface area contributed by atoms with E-state index in [9.17, 15) is 4.79 Å². The molecule has 36 heavy (non-hydrogen) atoms. The van der Waals surface area contributed by atoms with Crippen molar-refractivity contribution in [3.63, 3.8) is 0 Å². The second-order valence-corrected chi connectivity index (χ2v) is 10.6. The third-order valence-electron chi connectivity index (χ3n) is 7.79. The van der Waals surface area contributed by atoms with E-state index in [1.807, 2.05) is 19.1 Å². The minimum absolute atomic E-state index is 0.116. The Labute approximate surface area is 218 Å². The second-order valence-electron chi connectivity index (χ2n) is 10.6. The molecule has 2 aromatic rings. The highest BCUT2D eigenvalue weighted by Gasteiger charge is 2.49. The Hall–Kier alpha value is -2.75. The number of hydrogen-bond acceptors (Lipinski definition) is 4. The van der Waals surface area contributed by atoms with Gasteiger partial charge in [-0.25, -0.2) is 4.79 Å². The summed E-state index contributed by atoms with van der Waals surface area (Å²) < 4.78 is 17.1. The van der Waals surface area contributed by atoms with Crippen LogP contribution in [0.3, 0.4) is 0 Å². The first-order valence-electron chi connectivity index (χ1n) is 13.5. The van der Waals surface area contributed by atoms with Crippen molar-refractivity contribution in [1.82, 2.24) is 0 Å². The van der Waals surface area contributed by atoms with Crippen LogP contribution in [0, 0.1) is 12.8 Å². The maximum absolute atomic E-state index is 12.5. The molecule has 0 saturated heterocycles. The minimum Gasteiger partial charge on any atom is -0.497 e. The number of benzene rings is 2. The van der Waals surface area contributed by atoms with Gasteiger partial charge in [0.15, 0.2) is 0 Å². The third kappa shape index (κ3) is 5.96. The molecule has 0 N–H and O–H groups in total. The van der Waals surface area contributed by atoms with Gasteiger partial charge in [0, 0.05) is 16.5 Å². The molecule has 1 heterocycles. The molecule has 4 heteroatoms. The number of ether oxygens (including phenoxy) is 3. The van der Waals surface area contributed by atoms with Crippen molar-refractivity contribution < 1.29 is 19.0 Å². The number of aryl methyl sites for hydroxylation is 1. The smallest absolute Gasteiger partial charge is 0.337 e. The van der Waals surface area contributed by atoms with E-state index in [0.717, 1.165) is 53.2 Å². The summed E-state index contributed by atoms with van der Waals surface area (Å²) in [5, 5.41) is 0. The lowest BCUT2D eigenvalue weighted by molar-refractivity contribution is 0.0600. The van der Waals surface area contributed by atoms with Gasteiger partial charge in [0.05, 0.1) is 19.8 Å². The predicted molar refractivity (Wildman–Crippen MR) is 147 cm³/mol. The molecule has 0 aromatic heterocycles. The van der Waals surface area contributed by atoms with Crippen molar-refractivity contribution in [1.29, 1.82) is 0 Å². The summed E-state index contributed by atoms with van der Waals surface area (Å²) in [6, 6.07) is 12.3. The van der Waals surface area contributed by atoms with Gasteiger partial charge < -0.3 is 14.2 Å². The van der Waals surface area contributed by atoms with Gasteiger partial charge in [-0.3, -0.25) is 0 Å². The minimum atomic E-state index is -0.304. The first-order chi connectivity index (χ1) is 17.3. The lowest BCUT2D eigenvalue weighted by Gasteiger charge is -2.34. The molecule has 0 bridgehead atoms. The number of rotatable bonds is 13. The zero-order valence-electron chi connectivity index (χ0n) is 23.1. The SMILES string of the molecule is C=C(OC)c1ccc(C2Oc3c(C)cc(C(=O)OC)cc3C2(CC)CCCCCCCC(C)C)cc1. The quantitative estimate of drug-likeness (QED) is 0.160. The Morgan fingerprint density at radius 2 is 1.67 bits per heavy atom. The monoisotopic (exact) mass is 492 g/mol. The molecule has 1 aliphatic rings. The summed E-state index contributed by atoms with van der Waals surface area (Å²) in [5.74, 6) is 2.04. The van der Waals surface area contributed by atoms with Crippen molar-refractivity contribution in [2.45, 2.75) is 90.6 Å². The fourth-order valence-corrected chi connectivity index (χ4v) is 5.60. The summed E-state index contributed by atoms with van der Waals surface area (Å²) in [7, 11) is 3.07. The van der Waals surface area contributed by atoms with E-state index in [4.69, 9.17) is 14.2 Å². The Morgan fingerprint density at radius 3 is 2.28 bits per heavy atom. The standard InChI is InChI=1S/C32H44O4/c1-8-32(19-13-11-9-10-12-14-22(2)3)28-21-27(31(33)35-7)20-23(4)29(28)36-30(32)26-17-15-25(16-18-26)24(5)34-6/h15-18,20-22,30H,5,8-14,19H2,1-4,6-7H3. The summed E-state index contributed by atoms with van der Waals surface area (Å²) in [6.07, 6.45) is 9.35. The molecule has 0 fully saturated rings. The van der Waals surface area contributed by atoms with Crippen molar-refractivity contribution in [2.75, 3.05) is 14.2 Å². The molecule has 2 aromatic carbocycles. The highest BCUT2D eigenvalue weighted by atomic mass is 16.5. The number of carbonyl (C=O) groups excluding carboxylic acids is 1. The molecule has 0 spiro atoms. The Bertz CT molecular complexity index is 1040. The Morgan fingerprint density at radius 1 is 1.00 bits per heavy atom. The maximum Gasteiger partial charge on any atom is 0.337 e. The van der Waals surface area contributed by atoms with Gasteiger partial charge in [0.25, 0.3) is 0 Å². The van der Waals surface area contributed by atoms with Crippen LogP contribution in [0.25, 0.3) is 5.76 Å². The first-order valence-corrected chi connectivity index (χ1v) is 13.5. The fourth-order valence-electron chi connectivity index (χ4n) is 5.60. The molecule has 2 unspecified atom stereocenters. The number of esters is 1. The van der Waals surface area contributed by atoms with Crippen molar-refractivity contribution >= 4 is 11.7 Å². The van der Waals surface area contributed by atoms with Crippen molar-refractivity contribution in [3.05, 3.63) is 70.8 Å². The molecule has 3 rings (SSSR count). The molecule has 0 amide bonds. The lowest BCUT2D eigenvalue weighted by Crippen LogP contribution is -2.31. The van der Waals surface area contributed by atoms with Crippen LogP contribution in [0.1, 0.15) is 111 Å². The largest absolute Gasteiger partial charge is 0.497 e. The summed E-state index contributed by atoms with van der Waals surface area (Å²) >= 11 is 0. The van der Waals surface area contributed by atoms with E-state index in [0.29, 0.717) is 11.3 Å². The summed E-state index contributed by atoms with van der Waals surface area (Å²) in [4.78, 5) is 12.5. The van der Waals surface area contributed by atoms with E-state index in [-0.39, 0.29) is 17.5 Å². The van der Waals surface area contributed by atoms with Gasteiger partial charge in [0.2, 0.25) is 0 Å². The van der Waals surface area contributed by atoms with E-state index < -0.39 is 0 Å². The Balaban J connectivity index is 1.92. The average molecular weight is 493 g/mol. The van der Waals surface area contributed by atoms with Gasteiger partial charge >= 0.3 is 5.97 Å². The van der Waals surface area contributed by atoms with Crippen LogP contribution in [-0.4, -0.2) is 20.2 Å². The molecule has 196 valence electrons. The number of fused-ring (bicyclic) bond motifs is 1. The fraction of sp³-hybridized carbons (Fsp3) is 0.531. The third-order valence-corrected chi connectivity index (χ3v) is 7.79. The average Bonchev–Trinajstić information content (AvgIpc) is 3.22. The van der Waals surface area contributed by atoms with E-state index in [1.54, 1.807) is 7.11 Å². The number of carbonyl (C=O) groups is 1. The van der Waals surface area contributed by atoms with Crippen LogP contribution >= 0.6 is 0 Å². The number of methoxy groups -OCH3 is 2. The van der Waals surface area contributed by atoms with Crippen LogP contribution < -0.4 is 4.74 Å². The van der Waals surface area contributed by atoms with Gasteiger partial charge in [-0.1, -0.05) is 90.1 Å². The topological polar surface area (TPSA) is 44.8 Å². The van der Waals surface area contributed by atoms with Gasteiger partial charge in [-0.05, 0) is 48.9 Å². The summed E-state index contributed by atoms with van der Waals surface area (Å²) in [6.45, 7) is 12.8. The molecule has 0 saturated carbocycles. The first kappa shape index (κ1) is 27.8. The van der Waals surface area contributed by atoms with Gasteiger partial charge in [-0.15, -0.1) is 0 Å². The number of unbranched alkanes of at least 4 members (excludes halogenated alkanes) is 4. The Kier molecular flexibility index (Phi) is 9.64. The van der Waals surface area contributed by atoms with Crippen molar-refractivity contribution in [2.24, 2.45) is 5.92 Å². The normalized spacial score (nSPS) is 18.6. The van der Waals surface area contributed by atoms with Crippen LogP contribution in [0.4, 0.5) is 0 Å². The van der Waals surface area contributed by atoms with Crippen LogP contribution in [0.5, 0.6) is 5.75 Å². The zero-order valence-corrected chi connectivity index (χ0v) is 23.1. The van der Waals surface area contributed by atoms with Crippen LogP contribution in [0.2, 0.25) is 0 Å². The van der Waals surface area contributed by atoms with Gasteiger partial charge in [-0.2, -0.15) is 0 Å². The predicted octanol–water partition coefficient (Wildman–Crippen LogP) is 8.57. The number of hydrogen-bond donors (Lipinski definition) is 0. The van der Waals surface area contributed by atoms with E-state index in [1.165, 1.54) is 39.2 Å². The highest BCUT2D eigenvalue weighted by Crippen LogP contribution is 2.56. The molecule has 0 aliphatic carbocycles. The zero-order chi connectivity index (χ0) is 26.3. The molecule has 0 radical (unpaired) electrons. The lowest BCUT2D eigenvalue weighted by atomic mass is 9.69. The van der Waals surface area contributed by atoms with E-state index in [2.05, 4.69) is 51.6 Å². The van der Waals surface area contributed by atoms with Crippen LogP contribution in [0.15, 0.2) is 43.0 Å². The molecule has 4 nitrogen and oxygen atoms in total.